The average Bonchev–Trinajstić information content (AvgIpc) is 3.91. The summed E-state index contributed by atoms with van der Waals surface area (Å²) in [5.41, 5.74) is 10.7. The molecule has 65 heavy (non-hydrogen) atoms. The molecule has 16 nitrogen and oxygen atoms in total. The summed E-state index contributed by atoms with van der Waals surface area (Å²) in [6.45, 7) is 19.7. The second-order valence-electron chi connectivity index (χ2n) is 19.3. The van der Waals surface area contributed by atoms with E-state index in [-0.39, 0.29) is 43.2 Å². The number of piperazine rings is 1. The van der Waals surface area contributed by atoms with E-state index in [1.165, 1.54) is 16.3 Å². The zero-order valence-corrected chi connectivity index (χ0v) is 39.7. The van der Waals surface area contributed by atoms with Crippen molar-refractivity contribution in [1.29, 1.82) is 0 Å². The first-order chi connectivity index (χ1) is 31.3. The SMILES string of the molecule is CCn1c(-c2cc(N3CCN4CCOC[C@@H]4C3)cnc2[C@H](C)OC)c2c3cc(ccc31)-c1csc(n1)C[C@H](NC(=O)N1[C@@H](C)COC[C@@H]1C)C(=O)N1CCC[C@H](N1)C(=O)OCC(C)(C)C2. The molecule has 8 heterocycles. The molecule has 4 fully saturated rings. The molecule has 1 aromatic carbocycles. The van der Waals surface area contributed by atoms with Crippen LogP contribution >= 0.6 is 11.3 Å². The van der Waals surface area contributed by atoms with Crippen molar-refractivity contribution in [3.05, 3.63) is 52.1 Å². The maximum Gasteiger partial charge on any atom is 0.324 e. The highest BCUT2D eigenvalue weighted by Gasteiger charge is 2.38. The van der Waals surface area contributed by atoms with E-state index < -0.39 is 23.5 Å². The van der Waals surface area contributed by atoms with Gasteiger partial charge >= 0.3 is 12.0 Å². The molecule has 0 unspecified atom stereocenters. The lowest BCUT2D eigenvalue weighted by molar-refractivity contribution is -0.155. The molecule has 3 aromatic heterocycles. The van der Waals surface area contributed by atoms with Crippen molar-refractivity contribution in [3.8, 4) is 22.5 Å². The summed E-state index contributed by atoms with van der Waals surface area (Å²) in [5.74, 6) is -0.735. The Hall–Kier alpha value is -4.65. The van der Waals surface area contributed by atoms with Crippen molar-refractivity contribution >= 4 is 45.8 Å². The topological polar surface area (TPSA) is 156 Å². The third kappa shape index (κ3) is 9.24. The van der Waals surface area contributed by atoms with E-state index in [0.29, 0.717) is 56.6 Å². The van der Waals surface area contributed by atoms with Crippen LogP contribution in [-0.2, 0) is 47.9 Å². The summed E-state index contributed by atoms with van der Waals surface area (Å²) >= 11 is 1.47. The van der Waals surface area contributed by atoms with Gasteiger partial charge in [0.15, 0.2) is 0 Å². The molecule has 4 saturated heterocycles. The van der Waals surface area contributed by atoms with Crippen molar-refractivity contribution in [1.82, 2.24) is 40.1 Å². The second kappa shape index (κ2) is 18.9. The van der Waals surface area contributed by atoms with Crippen LogP contribution in [0.25, 0.3) is 33.4 Å². The number of rotatable bonds is 6. The Balaban J connectivity index is 1.14. The maximum absolute atomic E-state index is 14.4. The lowest BCUT2D eigenvalue weighted by Gasteiger charge is -2.44. The summed E-state index contributed by atoms with van der Waals surface area (Å²) in [6.07, 6.45) is 3.61. The molecular formula is C48H65N9O7S. The second-order valence-corrected chi connectivity index (χ2v) is 20.2. The van der Waals surface area contributed by atoms with Crippen molar-refractivity contribution in [2.75, 3.05) is 77.8 Å². The smallest absolute Gasteiger partial charge is 0.324 e. The number of pyridine rings is 1. The number of carbonyl (C=O) groups excluding carboxylic acids is 3. The van der Waals surface area contributed by atoms with Gasteiger partial charge in [-0.2, -0.15) is 0 Å². The Morgan fingerprint density at radius 3 is 2.68 bits per heavy atom. The Labute approximate surface area is 385 Å². The van der Waals surface area contributed by atoms with Crippen molar-refractivity contribution < 1.29 is 33.3 Å². The predicted molar refractivity (Wildman–Crippen MR) is 250 cm³/mol. The van der Waals surface area contributed by atoms with E-state index in [4.69, 9.17) is 28.9 Å². The molecule has 3 amide bonds. The van der Waals surface area contributed by atoms with Gasteiger partial charge in [-0.25, -0.2) is 15.2 Å². The minimum atomic E-state index is -0.938. The monoisotopic (exact) mass is 911 g/mol. The van der Waals surface area contributed by atoms with Crippen molar-refractivity contribution in [2.24, 2.45) is 5.41 Å². The summed E-state index contributed by atoms with van der Waals surface area (Å²) in [4.78, 5) is 59.4. The number of urea groups is 1. The van der Waals surface area contributed by atoms with Crippen LogP contribution < -0.4 is 15.6 Å². The fourth-order valence-corrected chi connectivity index (χ4v) is 11.2. The minimum Gasteiger partial charge on any atom is -0.464 e. The van der Waals surface area contributed by atoms with Crippen LogP contribution in [0.1, 0.15) is 76.8 Å². The molecule has 5 aliphatic heterocycles. The van der Waals surface area contributed by atoms with Crippen molar-refractivity contribution in [3.63, 3.8) is 0 Å². The number of aromatic nitrogens is 3. The number of hydrogen-bond acceptors (Lipinski definition) is 13. The van der Waals surface area contributed by atoms with Gasteiger partial charge in [0, 0.05) is 85.6 Å². The van der Waals surface area contributed by atoms with Crippen LogP contribution in [-0.4, -0.2) is 150 Å². The van der Waals surface area contributed by atoms with Gasteiger partial charge in [0.25, 0.3) is 5.91 Å². The number of anilines is 1. The summed E-state index contributed by atoms with van der Waals surface area (Å²) in [7, 11) is 1.73. The zero-order chi connectivity index (χ0) is 45.6. The number of nitrogens with zero attached hydrogens (tertiary/aromatic N) is 7. The van der Waals surface area contributed by atoms with E-state index in [0.717, 1.165) is 89.8 Å². The lowest BCUT2D eigenvalue weighted by Crippen LogP contribution is -2.63. The zero-order valence-electron chi connectivity index (χ0n) is 38.9. The largest absolute Gasteiger partial charge is 0.464 e. The molecule has 0 aliphatic carbocycles. The molecule has 0 saturated carbocycles. The number of thiazole rings is 1. The fraction of sp³-hybridized carbons (Fsp3) is 0.604. The van der Waals surface area contributed by atoms with Crippen LogP contribution in [0, 0.1) is 5.41 Å². The van der Waals surface area contributed by atoms with Gasteiger partial charge in [0.2, 0.25) is 0 Å². The Kier molecular flexibility index (Phi) is 13.2. The molecule has 17 heteroatoms. The van der Waals surface area contributed by atoms with Gasteiger partial charge < -0.3 is 38.6 Å². The Bertz CT molecular complexity index is 2390. The first-order valence-corrected chi connectivity index (χ1v) is 24.3. The third-order valence-electron chi connectivity index (χ3n) is 13.9. The van der Waals surface area contributed by atoms with Crippen LogP contribution in [0.5, 0.6) is 0 Å². The number of hydrogen-bond donors (Lipinski definition) is 2. The van der Waals surface area contributed by atoms with Gasteiger partial charge in [-0.15, -0.1) is 11.3 Å². The van der Waals surface area contributed by atoms with Crippen LogP contribution in [0.3, 0.4) is 0 Å². The van der Waals surface area contributed by atoms with E-state index in [9.17, 15) is 14.4 Å². The van der Waals surface area contributed by atoms with E-state index in [1.54, 1.807) is 12.0 Å². The fourth-order valence-electron chi connectivity index (χ4n) is 10.4. The number of cyclic esters (lactones) is 1. The quantitative estimate of drug-likeness (QED) is 0.237. The van der Waals surface area contributed by atoms with Crippen LogP contribution in [0.4, 0.5) is 10.5 Å². The Morgan fingerprint density at radius 1 is 1.08 bits per heavy atom. The standard InChI is InChI=1S/C48H65N9O7S/c1-8-55-41-12-11-32-18-35(41)37(44(55)36-19-33(22-49-43(36)31(4)61-7)54-15-14-53-16-17-62-26-34(53)23-54)21-48(5,6)28-64-46(59)38-10-9-13-56(52-38)45(58)39(20-42-50-40(32)27-65-42)51-47(60)57-29(2)24-63-25-30(57)3/h11-12,18-19,22,27,29-31,34,38-39,52H,8-10,13-17,20-21,23-26,28H2,1-7H3,(H,51,60)/t29-,30-,31-,34-,38-,39-/m0/s1. The molecule has 0 spiro atoms. The number of esters is 1. The third-order valence-corrected chi connectivity index (χ3v) is 14.8. The number of amides is 3. The molecule has 9 rings (SSSR count). The summed E-state index contributed by atoms with van der Waals surface area (Å²) in [5, 5.41) is 8.39. The normalized spacial score (nSPS) is 26.1. The van der Waals surface area contributed by atoms with Gasteiger partial charge in [-0.05, 0) is 70.7 Å². The number of carbonyl (C=O) groups is 3. The number of benzene rings is 1. The molecule has 0 radical (unpaired) electrons. The molecule has 6 atom stereocenters. The van der Waals surface area contributed by atoms with Crippen molar-refractivity contribution in [2.45, 2.75) is 110 Å². The number of aryl methyl sites for hydroxylation is 1. The predicted octanol–water partition coefficient (Wildman–Crippen LogP) is 5.43. The number of methoxy groups -OCH3 is 1. The number of ether oxygens (including phenoxy) is 4. The molecular weight excluding hydrogens is 847 g/mol. The summed E-state index contributed by atoms with van der Waals surface area (Å²) < 4.78 is 26.2. The first kappa shape index (κ1) is 45.5. The first-order valence-electron chi connectivity index (χ1n) is 23.4. The Morgan fingerprint density at radius 2 is 1.89 bits per heavy atom. The van der Waals surface area contributed by atoms with E-state index >= 15 is 0 Å². The molecule has 350 valence electrons. The maximum atomic E-state index is 14.4. The van der Waals surface area contributed by atoms with Crippen LogP contribution in [0.2, 0.25) is 0 Å². The summed E-state index contributed by atoms with van der Waals surface area (Å²) in [6, 6.07) is 6.84. The molecule has 5 aliphatic rings. The van der Waals surface area contributed by atoms with E-state index in [1.807, 2.05) is 32.3 Å². The minimum absolute atomic E-state index is 0.160. The van der Waals surface area contributed by atoms with Gasteiger partial charge in [0.05, 0.1) is 91.2 Å². The van der Waals surface area contributed by atoms with Crippen LogP contribution in [0.15, 0.2) is 35.8 Å². The highest BCUT2D eigenvalue weighted by molar-refractivity contribution is 7.10. The van der Waals surface area contributed by atoms with Gasteiger partial charge in [0.1, 0.15) is 12.1 Å². The van der Waals surface area contributed by atoms with E-state index in [2.05, 4.69) is 70.1 Å². The number of morpholine rings is 2. The molecule has 6 bridgehead atoms. The highest BCUT2D eigenvalue weighted by atomic mass is 32.1. The molecule has 2 N–H and O–H groups in total. The van der Waals surface area contributed by atoms with Gasteiger partial charge in [-0.3, -0.25) is 24.5 Å². The van der Waals surface area contributed by atoms with Gasteiger partial charge in [-0.1, -0.05) is 19.9 Å². The lowest BCUT2D eigenvalue weighted by atomic mass is 9.84. The number of nitrogens with one attached hydrogen (secondary N) is 2. The average molecular weight is 912 g/mol. The number of fused-ring (bicyclic) bond motifs is 7. The highest BCUT2D eigenvalue weighted by Crippen LogP contribution is 2.43. The molecule has 4 aromatic rings. The number of hydrazine groups is 1.